The minimum Gasteiger partial charge on any atom is -0.612 e. The van der Waals surface area contributed by atoms with Crippen molar-refractivity contribution in [1.29, 1.82) is 0 Å². The number of aryl methyl sites for hydroxylation is 1. The maximum absolute atomic E-state index is 12.4. The minimum absolute atomic E-state index is 0.00170. The van der Waals surface area contributed by atoms with Gasteiger partial charge in [0.2, 0.25) is 5.91 Å². The number of hydrogen-bond acceptors (Lipinski definition) is 5. The van der Waals surface area contributed by atoms with E-state index >= 15 is 0 Å². The molecule has 1 saturated heterocycles. The lowest BCUT2D eigenvalue weighted by Crippen LogP contribution is -2.47. The summed E-state index contributed by atoms with van der Waals surface area (Å²) < 4.78 is -1.49. The number of carbonyl (C=O) groups is 3. The Labute approximate surface area is 121 Å². The third kappa shape index (κ3) is 2.99. The van der Waals surface area contributed by atoms with Gasteiger partial charge in [-0.3, -0.25) is 10.2 Å². The number of benzene rings is 1. The Hall–Kier alpha value is -2.09. The van der Waals surface area contributed by atoms with Gasteiger partial charge in [-0.2, -0.15) is 0 Å². The van der Waals surface area contributed by atoms with Crippen molar-refractivity contribution >= 4 is 23.4 Å². The van der Waals surface area contributed by atoms with Gasteiger partial charge in [-0.25, -0.2) is 20.1 Å². The minimum atomic E-state index is -1.49. The van der Waals surface area contributed by atoms with Gasteiger partial charge in [-0.05, 0) is 18.4 Å². The van der Waals surface area contributed by atoms with Crippen LogP contribution in [0.1, 0.15) is 31.2 Å². The van der Waals surface area contributed by atoms with Gasteiger partial charge in [-0.1, -0.05) is 12.1 Å². The number of amides is 3. The summed E-state index contributed by atoms with van der Waals surface area (Å²) in [6, 6.07) is 6.41. The lowest BCUT2D eigenvalue weighted by Gasteiger charge is -2.31. The smallest absolute Gasteiger partial charge is 0.326 e. The molecule has 1 aromatic rings. The highest BCUT2D eigenvalue weighted by atomic mass is 16.6. The second-order valence-corrected chi connectivity index (χ2v) is 4.98. The van der Waals surface area contributed by atoms with Gasteiger partial charge < -0.3 is 5.21 Å². The third-order valence-corrected chi connectivity index (χ3v) is 3.59. The predicted molar refractivity (Wildman–Crippen MR) is 76.1 cm³/mol. The first kappa shape index (κ1) is 15.3. The van der Waals surface area contributed by atoms with Crippen LogP contribution < -0.4 is 15.9 Å². The van der Waals surface area contributed by atoms with Crippen molar-refractivity contribution < 1.29 is 14.4 Å². The molecule has 21 heavy (non-hydrogen) atoms. The molecule has 1 fully saturated rings. The average molecular weight is 291 g/mol. The second-order valence-electron chi connectivity index (χ2n) is 4.98. The van der Waals surface area contributed by atoms with E-state index in [0.717, 1.165) is 5.56 Å². The number of hydroxylamine groups is 2. The zero-order valence-electron chi connectivity index (χ0n) is 11.5. The van der Waals surface area contributed by atoms with Crippen LogP contribution in [0.4, 0.5) is 5.69 Å². The molecule has 0 unspecified atom stereocenters. The summed E-state index contributed by atoms with van der Waals surface area (Å²) in [7, 11) is 0. The Morgan fingerprint density at radius 2 is 1.76 bits per heavy atom. The van der Waals surface area contributed by atoms with Gasteiger partial charge in [0.05, 0.1) is 12.8 Å². The lowest BCUT2D eigenvalue weighted by atomic mass is 10.1. The van der Waals surface area contributed by atoms with Crippen molar-refractivity contribution in [1.82, 2.24) is 10.1 Å². The Kier molecular flexibility index (Phi) is 4.46. The Bertz CT molecular complexity index is 552. The number of hydrazine groups is 1. The van der Waals surface area contributed by atoms with Crippen molar-refractivity contribution in [2.45, 2.75) is 32.1 Å². The zero-order valence-corrected chi connectivity index (χ0v) is 11.5. The quantitative estimate of drug-likeness (QED) is 0.206. The number of rotatable bonds is 5. The van der Waals surface area contributed by atoms with Gasteiger partial charge in [0.25, 0.3) is 0 Å². The number of quaternary nitrogens is 1. The lowest BCUT2D eigenvalue weighted by molar-refractivity contribution is -0.134. The van der Waals surface area contributed by atoms with E-state index < -0.39 is 16.5 Å². The van der Waals surface area contributed by atoms with Gasteiger partial charge in [0, 0.05) is 18.6 Å². The predicted octanol–water partition coefficient (Wildman–Crippen LogP) is 0.651. The molecule has 0 aromatic heterocycles. The maximum atomic E-state index is 12.4. The first-order valence-electron chi connectivity index (χ1n) is 6.74. The van der Waals surface area contributed by atoms with Crippen LogP contribution in [0.2, 0.25) is 0 Å². The molecular weight excluding hydrogens is 274 g/mol. The van der Waals surface area contributed by atoms with E-state index in [1.165, 1.54) is 12.1 Å². The molecule has 3 amide bonds. The highest BCUT2D eigenvalue weighted by molar-refractivity contribution is 6.14. The SMILES string of the molecule is NNC(=O)CCCc1ccc([N+]2([O-])C(=O)CCC2=O)cc1. The number of nitrogens with one attached hydrogen (secondary N) is 1. The molecule has 7 heteroatoms. The van der Waals surface area contributed by atoms with Crippen LogP contribution in [-0.2, 0) is 20.8 Å². The van der Waals surface area contributed by atoms with Crippen molar-refractivity contribution in [3.63, 3.8) is 0 Å². The van der Waals surface area contributed by atoms with Crippen LogP contribution in [0.15, 0.2) is 24.3 Å². The first-order chi connectivity index (χ1) is 9.98. The molecule has 1 aliphatic rings. The highest BCUT2D eigenvalue weighted by Gasteiger charge is 2.44. The molecule has 0 radical (unpaired) electrons. The standard InChI is InChI=1S/C14H17N3O4/c15-16-12(18)3-1-2-10-4-6-11(7-5-10)17(21)13(19)8-9-14(17)20/h4-7H,1-3,8-9,15H2,(H,16,18). The van der Waals surface area contributed by atoms with Crippen molar-refractivity contribution in [2.24, 2.45) is 5.84 Å². The fraction of sp³-hybridized carbons (Fsp3) is 0.357. The van der Waals surface area contributed by atoms with E-state index in [-0.39, 0.29) is 24.4 Å². The number of nitrogens with zero attached hydrogens (tertiary/aromatic N) is 1. The first-order valence-corrected chi connectivity index (χ1v) is 6.74. The number of carbonyl (C=O) groups excluding carboxylic acids is 3. The summed E-state index contributed by atoms with van der Waals surface area (Å²) in [5.74, 6) is 3.51. The molecule has 1 aliphatic heterocycles. The van der Waals surface area contributed by atoms with Crippen LogP contribution in [0.3, 0.4) is 0 Å². The van der Waals surface area contributed by atoms with Crippen LogP contribution >= 0.6 is 0 Å². The summed E-state index contributed by atoms with van der Waals surface area (Å²) in [6.07, 6.45) is 1.58. The van der Waals surface area contributed by atoms with Crippen LogP contribution in [0.5, 0.6) is 0 Å². The molecule has 7 nitrogen and oxygen atoms in total. The van der Waals surface area contributed by atoms with Gasteiger partial charge in [0.15, 0.2) is 0 Å². The molecule has 1 aromatic carbocycles. The van der Waals surface area contributed by atoms with Crippen molar-refractivity contribution in [3.8, 4) is 0 Å². The largest absolute Gasteiger partial charge is 0.612 e. The molecular formula is C14H17N3O4. The van der Waals surface area contributed by atoms with Gasteiger partial charge in [-0.15, -0.1) is 0 Å². The maximum Gasteiger partial charge on any atom is 0.326 e. The monoisotopic (exact) mass is 291 g/mol. The molecule has 0 bridgehead atoms. The summed E-state index contributed by atoms with van der Waals surface area (Å²) in [5.41, 5.74) is 3.12. The van der Waals surface area contributed by atoms with Crippen LogP contribution in [0.25, 0.3) is 0 Å². The molecule has 1 heterocycles. The molecule has 112 valence electrons. The van der Waals surface area contributed by atoms with Gasteiger partial charge in [0.1, 0.15) is 5.69 Å². The van der Waals surface area contributed by atoms with E-state index in [2.05, 4.69) is 5.43 Å². The normalized spacial score (nSPS) is 17.0. The molecule has 2 rings (SSSR count). The van der Waals surface area contributed by atoms with Crippen molar-refractivity contribution in [3.05, 3.63) is 35.0 Å². The Morgan fingerprint density at radius 1 is 1.19 bits per heavy atom. The summed E-state index contributed by atoms with van der Waals surface area (Å²) in [6.45, 7) is 0. The number of hydrogen-bond donors (Lipinski definition) is 2. The van der Waals surface area contributed by atoms with E-state index in [9.17, 15) is 19.6 Å². The zero-order chi connectivity index (χ0) is 15.5. The number of nitrogens with two attached hydrogens (primary N) is 1. The molecule has 0 aliphatic carbocycles. The van der Waals surface area contributed by atoms with Crippen LogP contribution in [-0.4, -0.2) is 17.7 Å². The fourth-order valence-corrected chi connectivity index (χ4v) is 2.35. The Balaban J connectivity index is 2.04. The fourth-order valence-electron chi connectivity index (χ4n) is 2.35. The van der Waals surface area contributed by atoms with Crippen LogP contribution in [0, 0.1) is 5.21 Å². The topological polar surface area (TPSA) is 112 Å². The second kappa shape index (κ2) is 6.13. The Morgan fingerprint density at radius 3 is 2.29 bits per heavy atom. The van der Waals surface area contributed by atoms with Gasteiger partial charge >= 0.3 is 11.8 Å². The van der Waals surface area contributed by atoms with E-state index in [4.69, 9.17) is 5.84 Å². The van der Waals surface area contributed by atoms with E-state index in [1.54, 1.807) is 12.1 Å². The van der Waals surface area contributed by atoms with E-state index in [0.29, 0.717) is 19.3 Å². The summed E-state index contributed by atoms with van der Waals surface area (Å²) >= 11 is 0. The molecule has 3 N–H and O–H groups in total. The molecule has 0 atom stereocenters. The third-order valence-electron chi connectivity index (χ3n) is 3.59. The average Bonchev–Trinajstić information content (AvgIpc) is 2.76. The summed E-state index contributed by atoms with van der Waals surface area (Å²) in [5, 5.41) is 12.4. The summed E-state index contributed by atoms with van der Waals surface area (Å²) in [4.78, 5) is 34.3. The molecule has 0 spiro atoms. The van der Waals surface area contributed by atoms with E-state index in [1.807, 2.05) is 0 Å². The number of imide groups is 1. The highest BCUT2D eigenvalue weighted by Crippen LogP contribution is 2.30. The van der Waals surface area contributed by atoms with Crippen molar-refractivity contribution in [2.75, 3.05) is 0 Å². The molecule has 0 saturated carbocycles.